The molecule has 9 nitrogen and oxygen atoms in total. The normalized spacial score (nSPS) is 18.1. The molecule has 6 aromatic rings. The average Bonchev–Trinajstić information content (AvgIpc) is 3.30. The van der Waals surface area contributed by atoms with E-state index in [1.54, 1.807) is 0 Å². The summed E-state index contributed by atoms with van der Waals surface area (Å²) in [5, 5.41) is 5.57. The van der Waals surface area contributed by atoms with Gasteiger partial charge in [-0.25, -0.2) is 9.97 Å². The number of pyridine rings is 2. The number of carbonyl (C=O) groups is 1. The Morgan fingerprint density at radius 1 is 0.526 bits per heavy atom. The number of aromatic nitrogens is 2. The summed E-state index contributed by atoms with van der Waals surface area (Å²) in [7, 11) is 0. The van der Waals surface area contributed by atoms with Gasteiger partial charge in [0.1, 0.15) is 5.78 Å². The zero-order valence-electron chi connectivity index (χ0n) is 32.9. The lowest BCUT2D eigenvalue weighted by Gasteiger charge is -2.41. The van der Waals surface area contributed by atoms with Gasteiger partial charge in [-0.15, -0.1) is 0 Å². The SMILES string of the molecule is C1COCCN1.O=C1CCN(c2cc(-c3ccccc3)nc3ccccc23)CC1.c1ccc(-c2cc(N3CCC(N4CCOCC4)CC3)c3ccccc3n2)cc1. The van der Waals surface area contributed by atoms with Crippen molar-refractivity contribution in [3.05, 3.63) is 121 Å². The molecule has 0 unspecified atom stereocenters. The van der Waals surface area contributed by atoms with E-state index in [4.69, 9.17) is 19.4 Å². The highest BCUT2D eigenvalue weighted by molar-refractivity contribution is 5.96. The van der Waals surface area contributed by atoms with E-state index in [2.05, 4.69) is 111 Å². The van der Waals surface area contributed by atoms with E-state index in [1.165, 1.54) is 35.2 Å². The fraction of sp³-hybridized carbons (Fsp3) is 0.354. The third-order valence-corrected chi connectivity index (χ3v) is 11.4. The molecule has 2 aromatic heterocycles. The minimum atomic E-state index is 0.364. The second-order valence-corrected chi connectivity index (χ2v) is 15.1. The van der Waals surface area contributed by atoms with Crippen molar-refractivity contribution < 1.29 is 14.3 Å². The van der Waals surface area contributed by atoms with E-state index >= 15 is 0 Å². The number of rotatable bonds is 5. The van der Waals surface area contributed by atoms with Crippen LogP contribution in [0.2, 0.25) is 0 Å². The van der Waals surface area contributed by atoms with Gasteiger partial charge in [0.2, 0.25) is 0 Å². The van der Waals surface area contributed by atoms with Gasteiger partial charge in [0.05, 0.1) is 48.8 Å². The number of morpholine rings is 2. The van der Waals surface area contributed by atoms with E-state index in [9.17, 15) is 4.79 Å². The Kier molecular flexibility index (Phi) is 13.1. The Hall–Kier alpha value is -5.19. The molecule has 4 aromatic carbocycles. The molecule has 0 aliphatic carbocycles. The van der Waals surface area contributed by atoms with Gasteiger partial charge in [-0.05, 0) is 37.1 Å². The molecule has 294 valence electrons. The smallest absolute Gasteiger partial charge is 0.136 e. The number of nitrogens with one attached hydrogen (secondary N) is 1. The molecule has 4 saturated heterocycles. The number of anilines is 2. The summed E-state index contributed by atoms with van der Waals surface area (Å²) in [6.45, 7) is 11.6. The first-order chi connectivity index (χ1) is 28.2. The van der Waals surface area contributed by atoms with Crippen LogP contribution in [0.1, 0.15) is 25.7 Å². The second-order valence-electron chi connectivity index (χ2n) is 15.1. The van der Waals surface area contributed by atoms with Crippen LogP contribution in [0.4, 0.5) is 11.4 Å². The zero-order valence-corrected chi connectivity index (χ0v) is 32.9. The molecule has 0 radical (unpaired) electrons. The number of carbonyl (C=O) groups excluding carboxylic acids is 1. The molecule has 6 heterocycles. The fourth-order valence-electron chi connectivity index (χ4n) is 8.28. The Balaban J connectivity index is 0.000000141. The Bertz CT molecular complexity index is 2180. The van der Waals surface area contributed by atoms with Gasteiger partial charge in [0.25, 0.3) is 0 Å². The van der Waals surface area contributed by atoms with Crippen LogP contribution in [0.25, 0.3) is 44.3 Å². The summed E-state index contributed by atoms with van der Waals surface area (Å²) in [6.07, 6.45) is 3.71. The Morgan fingerprint density at radius 3 is 1.46 bits per heavy atom. The van der Waals surface area contributed by atoms with Crippen molar-refractivity contribution in [2.75, 3.05) is 88.6 Å². The second kappa shape index (κ2) is 19.3. The molecule has 0 saturated carbocycles. The van der Waals surface area contributed by atoms with Crippen LogP contribution in [-0.2, 0) is 14.3 Å². The van der Waals surface area contributed by atoms with Crippen LogP contribution >= 0.6 is 0 Å². The number of hydrogen-bond donors (Lipinski definition) is 1. The number of fused-ring (bicyclic) bond motifs is 2. The number of ketones is 1. The summed E-state index contributed by atoms with van der Waals surface area (Å²) in [6, 6.07) is 42.7. The number of piperidine rings is 2. The molecule has 0 atom stereocenters. The van der Waals surface area contributed by atoms with Gasteiger partial charge >= 0.3 is 0 Å². The molecule has 4 fully saturated rings. The van der Waals surface area contributed by atoms with Crippen molar-refractivity contribution in [3.8, 4) is 22.5 Å². The number of ether oxygens (including phenoxy) is 2. The maximum absolute atomic E-state index is 11.6. The van der Waals surface area contributed by atoms with Gasteiger partial charge in [0, 0.05) is 105 Å². The Labute approximate surface area is 336 Å². The molecule has 0 amide bonds. The molecule has 0 spiro atoms. The zero-order chi connectivity index (χ0) is 38.7. The van der Waals surface area contributed by atoms with E-state index in [1.807, 2.05) is 30.3 Å². The van der Waals surface area contributed by atoms with Gasteiger partial charge in [-0.3, -0.25) is 9.69 Å². The highest BCUT2D eigenvalue weighted by Gasteiger charge is 2.27. The summed E-state index contributed by atoms with van der Waals surface area (Å²) < 4.78 is 10.5. The first-order valence-corrected chi connectivity index (χ1v) is 20.7. The maximum atomic E-state index is 11.6. The quantitative estimate of drug-likeness (QED) is 0.189. The lowest BCUT2D eigenvalue weighted by Crippen LogP contribution is -2.49. The van der Waals surface area contributed by atoms with Gasteiger partial charge in [-0.1, -0.05) is 97.1 Å². The van der Waals surface area contributed by atoms with E-state index in [0.29, 0.717) is 24.7 Å². The molecule has 4 aliphatic rings. The van der Waals surface area contributed by atoms with Gasteiger partial charge in [0.15, 0.2) is 0 Å². The average molecular weight is 763 g/mol. The Morgan fingerprint density at radius 2 is 0.982 bits per heavy atom. The van der Waals surface area contributed by atoms with Crippen LogP contribution in [0.5, 0.6) is 0 Å². The third kappa shape index (κ3) is 9.86. The summed E-state index contributed by atoms with van der Waals surface area (Å²) in [5.41, 5.74) is 8.92. The lowest BCUT2D eigenvalue weighted by atomic mass is 10.0. The largest absolute Gasteiger partial charge is 0.379 e. The van der Waals surface area contributed by atoms with Crippen molar-refractivity contribution in [1.82, 2.24) is 20.2 Å². The van der Waals surface area contributed by atoms with Crippen LogP contribution in [-0.4, -0.2) is 105 Å². The van der Waals surface area contributed by atoms with E-state index in [-0.39, 0.29) is 0 Å². The van der Waals surface area contributed by atoms with Crippen molar-refractivity contribution in [1.29, 1.82) is 0 Å². The number of para-hydroxylation sites is 2. The topological polar surface area (TPSA) is 83.1 Å². The standard InChI is InChI=1S/C24H27N3O.C20H18N2O.C4H9NO/c1-2-6-19(7-3-1)23-18-24(21-8-4-5-9-22(21)25-23)27-12-10-20(11-13-27)26-14-16-28-17-15-26;23-16-10-12-22(13-11-16)20-14-19(15-6-2-1-3-7-15)21-18-9-5-4-8-17(18)20;1-3-6-4-2-5-1/h1-9,18,20H,10-17H2;1-9,14H,10-13H2;5H,1-4H2. The first-order valence-electron chi connectivity index (χ1n) is 20.7. The minimum Gasteiger partial charge on any atom is -0.379 e. The molecular weight excluding hydrogens is 709 g/mol. The maximum Gasteiger partial charge on any atom is 0.136 e. The van der Waals surface area contributed by atoms with E-state index in [0.717, 1.165) is 112 Å². The fourth-order valence-corrected chi connectivity index (χ4v) is 8.28. The number of Topliss-reactive ketones (excluding diaryl/α,β-unsaturated/α-hetero) is 1. The number of hydrogen-bond acceptors (Lipinski definition) is 9. The summed E-state index contributed by atoms with van der Waals surface area (Å²) >= 11 is 0. The van der Waals surface area contributed by atoms with Crippen molar-refractivity contribution >= 4 is 39.0 Å². The molecule has 1 N–H and O–H groups in total. The predicted octanol–water partition coefficient (Wildman–Crippen LogP) is 7.88. The first kappa shape index (κ1) is 38.7. The van der Waals surface area contributed by atoms with Crippen molar-refractivity contribution in [2.45, 2.75) is 31.7 Å². The monoisotopic (exact) mass is 762 g/mol. The van der Waals surface area contributed by atoms with Gasteiger partial charge < -0.3 is 24.6 Å². The number of benzene rings is 4. The molecule has 4 aliphatic heterocycles. The molecule has 0 bridgehead atoms. The molecular formula is C48H54N6O3. The molecule has 57 heavy (non-hydrogen) atoms. The van der Waals surface area contributed by atoms with Crippen LogP contribution < -0.4 is 15.1 Å². The van der Waals surface area contributed by atoms with Crippen LogP contribution in [0, 0.1) is 0 Å². The third-order valence-electron chi connectivity index (χ3n) is 11.4. The minimum absolute atomic E-state index is 0.364. The lowest BCUT2D eigenvalue weighted by molar-refractivity contribution is -0.119. The highest BCUT2D eigenvalue weighted by atomic mass is 16.5. The molecule has 10 rings (SSSR count). The van der Waals surface area contributed by atoms with Gasteiger partial charge in [-0.2, -0.15) is 0 Å². The van der Waals surface area contributed by atoms with E-state index < -0.39 is 0 Å². The van der Waals surface area contributed by atoms with Crippen molar-refractivity contribution in [3.63, 3.8) is 0 Å². The molecule has 9 heteroatoms. The number of nitrogens with zero attached hydrogens (tertiary/aromatic N) is 5. The highest BCUT2D eigenvalue weighted by Crippen LogP contribution is 2.34. The summed E-state index contributed by atoms with van der Waals surface area (Å²) in [4.78, 5) is 28.8. The van der Waals surface area contributed by atoms with Crippen LogP contribution in [0.3, 0.4) is 0 Å². The van der Waals surface area contributed by atoms with Crippen LogP contribution in [0.15, 0.2) is 121 Å². The summed E-state index contributed by atoms with van der Waals surface area (Å²) in [5.74, 6) is 0.364. The predicted molar refractivity (Wildman–Crippen MR) is 232 cm³/mol. The van der Waals surface area contributed by atoms with Crippen molar-refractivity contribution in [2.24, 2.45) is 0 Å².